The molecule has 0 aromatic heterocycles. The zero-order valence-corrected chi connectivity index (χ0v) is 16.3. The molecule has 133 valence electrons. The van der Waals surface area contributed by atoms with Crippen LogP contribution in [0.1, 0.15) is 16.7 Å². The highest BCUT2D eigenvalue weighted by Crippen LogP contribution is 2.25. The van der Waals surface area contributed by atoms with Crippen molar-refractivity contribution >= 4 is 8.32 Å². The summed E-state index contributed by atoms with van der Waals surface area (Å²) in [5.74, 6) is 0. The highest BCUT2D eigenvalue weighted by Gasteiger charge is 2.32. The summed E-state index contributed by atoms with van der Waals surface area (Å²) in [7, 11) is -2.55. The SMILES string of the molecule is [O][Si](CCc1ccccc1)(CCc1ccccc1)CCc1ccccc1. The van der Waals surface area contributed by atoms with Crippen LogP contribution < -0.4 is 0 Å². The van der Waals surface area contributed by atoms with Crippen molar-refractivity contribution < 1.29 is 4.80 Å². The van der Waals surface area contributed by atoms with E-state index in [-0.39, 0.29) is 0 Å². The minimum atomic E-state index is -2.55. The van der Waals surface area contributed by atoms with E-state index in [2.05, 4.69) is 72.8 Å². The zero-order chi connectivity index (χ0) is 18.1. The van der Waals surface area contributed by atoms with E-state index >= 15 is 0 Å². The first kappa shape index (κ1) is 18.6. The number of benzene rings is 3. The average Bonchev–Trinajstić information content (AvgIpc) is 2.72. The second kappa shape index (κ2) is 9.51. The lowest BCUT2D eigenvalue weighted by atomic mass is 10.2. The molecular formula is C24H27OSi. The summed E-state index contributed by atoms with van der Waals surface area (Å²) in [6.45, 7) is 0. The molecule has 0 N–H and O–H groups in total. The van der Waals surface area contributed by atoms with Gasteiger partial charge in [-0.15, -0.1) is 0 Å². The zero-order valence-electron chi connectivity index (χ0n) is 15.3. The molecule has 0 heterocycles. The quantitative estimate of drug-likeness (QED) is 0.412. The molecule has 26 heavy (non-hydrogen) atoms. The van der Waals surface area contributed by atoms with Crippen molar-refractivity contribution in [1.29, 1.82) is 0 Å². The monoisotopic (exact) mass is 359 g/mol. The lowest BCUT2D eigenvalue weighted by Crippen LogP contribution is -2.34. The third-order valence-electron chi connectivity index (χ3n) is 5.14. The van der Waals surface area contributed by atoms with E-state index in [4.69, 9.17) is 0 Å². The van der Waals surface area contributed by atoms with Gasteiger partial charge in [0.15, 0.2) is 0 Å². The van der Waals surface area contributed by atoms with Crippen molar-refractivity contribution in [3.8, 4) is 0 Å². The van der Waals surface area contributed by atoms with Crippen molar-refractivity contribution in [3.05, 3.63) is 108 Å². The van der Waals surface area contributed by atoms with Crippen molar-refractivity contribution in [2.45, 2.75) is 37.4 Å². The largest absolute Gasteiger partial charge is 0.297 e. The van der Waals surface area contributed by atoms with Crippen molar-refractivity contribution in [2.75, 3.05) is 0 Å². The van der Waals surface area contributed by atoms with Crippen LogP contribution in [-0.2, 0) is 24.1 Å². The van der Waals surface area contributed by atoms with E-state index < -0.39 is 8.32 Å². The van der Waals surface area contributed by atoms with Gasteiger partial charge in [0.2, 0.25) is 8.32 Å². The second-order valence-electron chi connectivity index (χ2n) is 7.14. The lowest BCUT2D eigenvalue weighted by Gasteiger charge is -2.23. The van der Waals surface area contributed by atoms with Gasteiger partial charge in [0.1, 0.15) is 0 Å². The van der Waals surface area contributed by atoms with E-state index in [1.165, 1.54) is 16.7 Å². The molecule has 3 aromatic carbocycles. The lowest BCUT2D eigenvalue weighted by molar-refractivity contribution is 0.408. The summed E-state index contributed by atoms with van der Waals surface area (Å²) in [4.78, 5) is 13.8. The maximum Gasteiger partial charge on any atom is 0.238 e. The molecule has 2 heteroatoms. The van der Waals surface area contributed by atoms with E-state index in [1.54, 1.807) is 0 Å². The molecule has 0 unspecified atom stereocenters. The van der Waals surface area contributed by atoms with Crippen LogP contribution in [0.25, 0.3) is 0 Å². The summed E-state index contributed by atoms with van der Waals surface area (Å²) in [5.41, 5.74) is 3.87. The van der Waals surface area contributed by atoms with E-state index in [0.29, 0.717) is 0 Å². The molecular weight excluding hydrogens is 332 g/mol. The highest BCUT2D eigenvalue weighted by atomic mass is 28.4. The molecule has 1 radical (unpaired) electrons. The van der Waals surface area contributed by atoms with Gasteiger partial charge in [-0.1, -0.05) is 91.0 Å². The smallest absolute Gasteiger partial charge is 0.238 e. The van der Waals surface area contributed by atoms with Crippen LogP contribution in [0.4, 0.5) is 0 Å². The predicted octanol–water partition coefficient (Wildman–Crippen LogP) is 6.09. The molecule has 0 saturated carbocycles. The number of hydrogen-bond donors (Lipinski definition) is 0. The Balaban J connectivity index is 1.64. The van der Waals surface area contributed by atoms with E-state index in [0.717, 1.165) is 37.4 Å². The summed E-state index contributed by atoms with van der Waals surface area (Å²) in [6, 6.07) is 33.9. The molecule has 1 nitrogen and oxygen atoms in total. The standard InChI is InChI=1S/C24H27OSi/c25-26(19-16-22-10-4-1-5-11-22,20-17-23-12-6-2-7-13-23)21-18-24-14-8-3-9-15-24/h1-15H,16-21H2. The van der Waals surface area contributed by atoms with Gasteiger partial charge in [-0.05, 0) is 54.1 Å². The Kier molecular flexibility index (Phi) is 6.81. The Morgan fingerprint density at radius 2 is 0.731 bits per heavy atom. The molecule has 0 bridgehead atoms. The molecule has 0 aliphatic carbocycles. The summed E-state index contributed by atoms with van der Waals surface area (Å²) in [6.07, 6.45) is 2.75. The second-order valence-corrected chi connectivity index (χ2v) is 11.0. The van der Waals surface area contributed by atoms with Crippen LogP contribution >= 0.6 is 0 Å². The predicted molar refractivity (Wildman–Crippen MR) is 111 cm³/mol. The van der Waals surface area contributed by atoms with Gasteiger partial charge in [0, 0.05) is 0 Å². The number of rotatable bonds is 9. The fourth-order valence-electron chi connectivity index (χ4n) is 3.43. The topological polar surface area (TPSA) is 19.9 Å². The Morgan fingerprint density at radius 3 is 1.00 bits per heavy atom. The van der Waals surface area contributed by atoms with Crippen LogP contribution in [-0.4, -0.2) is 8.32 Å². The molecule has 0 saturated heterocycles. The molecule has 0 atom stereocenters. The highest BCUT2D eigenvalue weighted by molar-refractivity contribution is 6.72. The molecule has 0 aliphatic heterocycles. The first-order valence-electron chi connectivity index (χ1n) is 9.56. The average molecular weight is 360 g/mol. The third kappa shape index (κ3) is 5.97. The van der Waals surface area contributed by atoms with Gasteiger partial charge < -0.3 is 0 Å². The Morgan fingerprint density at radius 1 is 0.462 bits per heavy atom. The Hall–Kier alpha value is -2.16. The van der Waals surface area contributed by atoms with Crippen molar-refractivity contribution in [2.24, 2.45) is 0 Å². The fourth-order valence-corrected chi connectivity index (χ4v) is 6.41. The van der Waals surface area contributed by atoms with Crippen molar-refractivity contribution in [3.63, 3.8) is 0 Å². The van der Waals surface area contributed by atoms with Crippen LogP contribution in [0.5, 0.6) is 0 Å². The van der Waals surface area contributed by atoms with Gasteiger partial charge in [-0.25, -0.2) is 0 Å². The third-order valence-corrected chi connectivity index (χ3v) is 8.62. The Labute approximate surface area is 158 Å². The van der Waals surface area contributed by atoms with E-state index in [9.17, 15) is 4.80 Å². The first-order valence-corrected chi connectivity index (χ1v) is 12.1. The van der Waals surface area contributed by atoms with Gasteiger partial charge >= 0.3 is 0 Å². The normalized spacial score (nSPS) is 11.4. The molecule has 0 amide bonds. The summed E-state index contributed by atoms with van der Waals surface area (Å²) >= 11 is 0. The van der Waals surface area contributed by atoms with Crippen LogP contribution in [0, 0.1) is 0 Å². The maximum atomic E-state index is 13.8. The summed E-state index contributed by atoms with van der Waals surface area (Å²) < 4.78 is 0. The molecule has 0 spiro atoms. The Bertz CT molecular complexity index is 650. The number of aryl methyl sites for hydroxylation is 3. The maximum absolute atomic E-state index is 13.8. The molecule has 3 rings (SSSR count). The minimum Gasteiger partial charge on any atom is -0.297 e. The number of hydrogen-bond acceptors (Lipinski definition) is 0. The van der Waals surface area contributed by atoms with Crippen molar-refractivity contribution in [1.82, 2.24) is 0 Å². The van der Waals surface area contributed by atoms with Gasteiger partial charge in [0.05, 0.1) is 0 Å². The first-order chi connectivity index (χ1) is 12.7. The van der Waals surface area contributed by atoms with Crippen LogP contribution in [0.2, 0.25) is 18.1 Å². The minimum absolute atomic E-state index is 0.830. The molecule has 3 aromatic rings. The fraction of sp³-hybridized carbons (Fsp3) is 0.250. The van der Waals surface area contributed by atoms with Gasteiger partial charge in [-0.3, -0.25) is 4.80 Å². The van der Waals surface area contributed by atoms with Gasteiger partial charge in [0.25, 0.3) is 0 Å². The van der Waals surface area contributed by atoms with Crippen LogP contribution in [0.15, 0.2) is 91.0 Å². The molecule has 0 fully saturated rings. The van der Waals surface area contributed by atoms with E-state index in [1.807, 2.05) is 18.2 Å². The van der Waals surface area contributed by atoms with Gasteiger partial charge in [-0.2, -0.15) is 0 Å². The summed E-state index contributed by atoms with van der Waals surface area (Å²) in [5, 5.41) is 0. The molecule has 0 aliphatic rings. The van der Waals surface area contributed by atoms with Crippen LogP contribution in [0.3, 0.4) is 0 Å².